The van der Waals surface area contributed by atoms with E-state index in [1.165, 1.54) is 25.1 Å². The van der Waals surface area contributed by atoms with E-state index in [0.717, 1.165) is 22.9 Å². The van der Waals surface area contributed by atoms with Crippen LogP contribution in [0.3, 0.4) is 0 Å². The molecule has 0 fully saturated rings. The van der Waals surface area contributed by atoms with Crippen molar-refractivity contribution >= 4 is 11.0 Å². The highest BCUT2D eigenvalue weighted by atomic mass is 19.4. The van der Waals surface area contributed by atoms with Crippen LogP contribution in [-0.2, 0) is 6.18 Å². The zero-order valence-electron chi connectivity index (χ0n) is 13.8. The summed E-state index contributed by atoms with van der Waals surface area (Å²) >= 11 is 0. The van der Waals surface area contributed by atoms with Gasteiger partial charge in [0.2, 0.25) is 0 Å². The summed E-state index contributed by atoms with van der Waals surface area (Å²) in [5.41, 5.74) is 0.00567. The number of alkyl halides is 3. The second-order valence-corrected chi connectivity index (χ2v) is 5.96. The fourth-order valence-corrected chi connectivity index (χ4v) is 2.85. The summed E-state index contributed by atoms with van der Waals surface area (Å²) < 4.78 is 67.6. The zero-order chi connectivity index (χ0) is 19.3. The molecule has 0 atom stereocenters. The molecule has 0 radical (unpaired) electrons. The van der Waals surface area contributed by atoms with Crippen LogP contribution in [0.15, 0.2) is 42.5 Å². The van der Waals surface area contributed by atoms with E-state index in [1.807, 2.05) is 0 Å². The second-order valence-electron chi connectivity index (χ2n) is 5.96. The monoisotopic (exact) mass is 378 g/mol. The molecule has 4 nitrogen and oxygen atoms in total. The Hall–Kier alpha value is -3.23. The summed E-state index contributed by atoms with van der Waals surface area (Å²) in [4.78, 5) is 7.13. The van der Waals surface area contributed by atoms with E-state index in [1.54, 1.807) is 6.07 Å². The summed E-state index contributed by atoms with van der Waals surface area (Å²) in [6.07, 6.45) is -4.57. The molecule has 1 N–H and O–H groups in total. The van der Waals surface area contributed by atoms with Crippen molar-refractivity contribution in [1.82, 2.24) is 19.7 Å². The first-order valence-corrected chi connectivity index (χ1v) is 7.82. The molecule has 27 heavy (non-hydrogen) atoms. The molecule has 0 spiro atoms. The van der Waals surface area contributed by atoms with Crippen LogP contribution in [0.25, 0.3) is 28.1 Å². The smallest absolute Gasteiger partial charge is 0.353 e. The van der Waals surface area contributed by atoms with E-state index < -0.39 is 23.5 Å². The lowest BCUT2D eigenvalue weighted by molar-refractivity contribution is -0.141. The predicted molar refractivity (Wildman–Crippen MR) is 88.3 cm³/mol. The molecule has 4 aromatic rings. The van der Waals surface area contributed by atoms with Crippen LogP contribution in [0.1, 0.15) is 11.4 Å². The standard InChI is InChI=1S/C18H11F5N4/c1-9-7-15(18(21,22)23)26-27(9)16-6-5-12-13(25-16)8-14(24-12)17-10(19)3-2-4-11(17)20/h2-8,24H,1H3. The minimum atomic E-state index is -4.57. The fourth-order valence-electron chi connectivity index (χ4n) is 2.85. The number of nitrogens with zero attached hydrogens (tertiary/aromatic N) is 3. The van der Waals surface area contributed by atoms with Gasteiger partial charge in [-0.2, -0.15) is 18.3 Å². The first-order chi connectivity index (χ1) is 12.7. The van der Waals surface area contributed by atoms with Crippen LogP contribution in [0.5, 0.6) is 0 Å². The van der Waals surface area contributed by atoms with E-state index >= 15 is 0 Å². The molecule has 0 aliphatic rings. The molecule has 0 bridgehead atoms. The normalized spacial score (nSPS) is 12.1. The van der Waals surface area contributed by atoms with E-state index in [4.69, 9.17) is 0 Å². The molecule has 0 saturated heterocycles. The van der Waals surface area contributed by atoms with Gasteiger partial charge in [-0.25, -0.2) is 18.4 Å². The van der Waals surface area contributed by atoms with Crippen LogP contribution in [0.4, 0.5) is 22.0 Å². The third-order valence-electron chi connectivity index (χ3n) is 4.09. The first kappa shape index (κ1) is 17.2. The van der Waals surface area contributed by atoms with Gasteiger partial charge in [-0.1, -0.05) is 6.07 Å². The van der Waals surface area contributed by atoms with Crippen molar-refractivity contribution in [2.24, 2.45) is 0 Å². The Morgan fingerprint density at radius 3 is 2.33 bits per heavy atom. The Kier molecular flexibility index (Phi) is 3.76. The molecule has 9 heteroatoms. The van der Waals surface area contributed by atoms with Crippen molar-refractivity contribution in [2.45, 2.75) is 13.1 Å². The van der Waals surface area contributed by atoms with Gasteiger partial charge in [-0.3, -0.25) is 0 Å². The lowest BCUT2D eigenvalue weighted by Crippen LogP contribution is -2.08. The molecular weight excluding hydrogens is 367 g/mol. The van der Waals surface area contributed by atoms with Gasteiger partial charge in [0, 0.05) is 5.69 Å². The van der Waals surface area contributed by atoms with E-state index in [9.17, 15) is 22.0 Å². The Morgan fingerprint density at radius 2 is 1.70 bits per heavy atom. The number of aromatic amines is 1. The van der Waals surface area contributed by atoms with Crippen LogP contribution in [0, 0.1) is 18.6 Å². The zero-order valence-corrected chi connectivity index (χ0v) is 13.8. The van der Waals surface area contributed by atoms with E-state index in [0.29, 0.717) is 11.0 Å². The van der Waals surface area contributed by atoms with Crippen molar-refractivity contribution in [2.75, 3.05) is 0 Å². The predicted octanol–water partition coefficient (Wildman–Crippen LogP) is 5.02. The highest BCUT2D eigenvalue weighted by Gasteiger charge is 2.34. The van der Waals surface area contributed by atoms with Gasteiger partial charge in [-0.15, -0.1) is 0 Å². The van der Waals surface area contributed by atoms with Crippen molar-refractivity contribution < 1.29 is 22.0 Å². The van der Waals surface area contributed by atoms with Gasteiger partial charge in [0.15, 0.2) is 11.5 Å². The second kappa shape index (κ2) is 5.90. The van der Waals surface area contributed by atoms with E-state index in [2.05, 4.69) is 15.1 Å². The number of hydrogen-bond donors (Lipinski definition) is 1. The number of H-pyrrole nitrogens is 1. The third kappa shape index (κ3) is 2.94. The topological polar surface area (TPSA) is 46.5 Å². The van der Waals surface area contributed by atoms with Gasteiger partial charge in [0.25, 0.3) is 0 Å². The summed E-state index contributed by atoms with van der Waals surface area (Å²) in [6.45, 7) is 1.48. The van der Waals surface area contributed by atoms with Crippen LogP contribution >= 0.6 is 0 Å². The molecule has 0 saturated carbocycles. The van der Waals surface area contributed by atoms with Crippen molar-refractivity contribution in [3.63, 3.8) is 0 Å². The molecule has 0 amide bonds. The minimum absolute atomic E-state index is 0.162. The molecule has 0 aliphatic heterocycles. The Bertz CT molecular complexity index is 1140. The number of hydrogen-bond acceptors (Lipinski definition) is 2. The van der Waals surface area contributed by atoms with Crippen molar-refractivity contribution in [1.29, 1.82) is 0 Å². The number of halogens is 5. The number of fused-ring (bicyclic) bond motifs is 1. The number of pyridine rings is 1. The lowest BCUT2D eigenvalue weighted by atomic mass is 10.1. The third-order valence-corrected chi connectivity index (χ3v) is 4.09. The van der Waals surface area contributed by atoms with Gasteiger partial charge in [0.1, 0.15) is 11.6 Å². The van der Waals surface area contributed by atoms with Crippen molar-refractivity contribution in [3.05, 3.63) is 65.5 Å². The summed E-state index contributed by atoms with van der Waals surface area (Å²) in [7, 11) is 0. The van der Waals surface area contributed by atoms with Gasteiger partial charge < -0.3 is 4.98 Å². The maximum absolute atomic E-state index is 14.0. The Labute approximate surface area is 149 Å². The van der Waals surface area contributed by atoms with E-state index in [-0.39, 0.29) is 22.8 Å². The quantitative estimate of drug-likeness (QED) is 0.498. The molecule has 3 heterocycles. The summed E-state index contributed by atoms with van der Waals surface area (Å²) in [5.74, 6) is -1.31. The number of benzene rings is 1. The molecule has 1 aromatic carbocycles. The molecule has 0 unspecified atom stereocenters. The molecule has 138 valence electrons. The minimum Gasteiger partial charge on any atom is -0.353 e. The number of aryl methyl sites for hydroxylation is 1. The van der Waals surface area contributed by atoms with Gasteiger partial charge >= 0.3 is 6.18 Å². The number of nitrogens with one attached hydrogen (secondary N) is 1. The maximum atomic E-state index is 14.0. The lowest BCUT2D eigenvalue weighted by Gasteiger charge is -2.03. The van der Waals surface area contributed by atoms with Crippen molar-refractivity contribution in [3.8, 4) is 17.1 Å². The molecular formula is C18H11F5N4. The highest BCUT2D eigenvalue weighted by molar-refractivity contribution is 5.83. The summed E-state index contributed by atoms with van der Waals surface area (Å²) in [5, 5.41) is 3.55. The van der Waals surface area contributed by atoms with Crippen LogP contribution in [-0.4, -0.2) is 19.7 Å². The van der Waals surface area contributed by atoms with Crippen LogP contribution < -0.4 is 0 Å². The average molecular weight is 378 g/mol. The van der Waals surface area contributed by atoms with Gasteiger partial charge in [-0.05, 0) is 43.3 Å². The Balaban J connectivity index is 1.82. The van der Waals surface area contributed by atoms with Crippen LogP contribution in [0.2, 0.25) is 0 Å². The average Bonchev–Trinajstić information content (AvgIpc) is 3.17. The number of rotatable bonds is 2. The largest absolute Gasteiger partial charge is 0.435 e. The Morgan fingerprint density at radius 1 is 1.00 bits per heavy atom. The summed E-state index contributed by atoms with van der Waals surface area (Å²) in [6, 6.07) is 8.91. The number of aromatic nitrogens is 4. The molecule has 0 aliphatic carbocycles. The highest BCUT2D eigenvalue weighted by Crippen LogP contribution is 2.30. The molecule has 3 aromatic heterocycles. The SMILES string of the molecule is Cc1cc(C(F)(F)F)nn1-c1ccc2[nH]c(-c3c(F)cccc3F)cc2n1. The molecule has 4 rings (SSSR count). The first-order valence-electron chi connectivity index (χ1n) is 7.82. The van der Waals surface area contributed by atoms with Gasteiger partial charge in [0.05, 0.1) is 22.3 Å². The fraction of sp³-hybridized carbons (Fsp3) is 0.111. The maximum Gasteiger partial charge on any atom is 0.435 e.